The van der Waals surface area contributed by atoms with Gasteiger partial charge in [-0.2, -0.15) is 5.10 Å². The molecule has 2 amide bonds. The van der Waals surface area contributed by atoms with Crippen LogP contribution in [0.1, 0.15) is 24.3 Å². The number of aromatic amines is 1. The molecule has 7 heteroatoms. The fourth-order valence-electron chi connectivity index (χ4n) is 1.26. The van der Waals surface area contributed by atoms with Crippen molar-refractivity contribution in [2.75, 3.05) is 12.3 Å². The summed E-state index contributed by atoms with van der Waals surface area (Å²) in [4.78, 5) is 24.1. The van der Waals surface area contributed by atoms with Crippen LogP contribution in [0, 0.1) is 0 Å². The van der Waals surface area contributed by atoms with E-state index in [2.05, 4.69) is 10.2 Å². The summed E-state index contributed by atoms with van der Waals surface area (Å²) in [5, 5.41) is 6.14. The highest BCUT2D eigenvalue weighted by Crippen LogP contribution is 2.08. The highest BCUT2D eigenvalue weighted by atomic mass is 16.2. The van der Waals surface area contributed by atoms with E-state index in [1.165, 1.54) is 11.0 Å². The topological polar surface area (TPSA) is 118 Å². The number of carbonyl (C=O) groups is 2. The van der Waals surface area contributed by atoms with Crippen LogP contribution in [0.15, 0.2) is 6.07 Å². The van der Waals surface area contributed by atoms with Gasteiger partial charge in [-0.1, -0.05) is 0 Å². The fraction of sp³-hybridized carbons (Fsp3) is 0.444. The quantitative estimate of drug-likeness (QED) is 0.629. The van der Waals surface area contributed by atoms with Gasteiger partial charge in [0.1, 0.15) is 11.5 Å². The van der Waals surface area contributed by atoms with Crippen LogP contribution in [0.3, 0.4) is 0 Å². The summed E-state index contributed by atoms with van der Waals surface area (Å²) in [6.07, 6.45) is 0. The van der Waals surface area contributed by atoms with E-state index in [1.807, 2.05) is 0 Å². The smallest absolute Gasteiger partial charge is 0.272 e. The number of H-pyrrole nitrogens is 1. The van der Waals surface area contributed by atoms with Gasteiger partial charge in [-0.25, -0.2) is 0 Å². The second-order valence-corrected chi connectivity index (χ2v) is 3.70. The lowest BCUT2D eigenvalue weighted by Crippen LogP contribution is -2.42. The van der Waals surface area contributed by atoms with Crippen molar-refractivity contribution in [3.63, 3.8) is 0 Å². The lowest BCUT2D eigenvalue weighted by Gasteiger charge is -2.24. The van der Waals surface area contributed by atoms with E-state index in [4.69, 9.17) is 11.5 Å². The number of carbonyl (C=O) groups excluding carboxylic acids is 2. The SMILES string of the molecule is CC(C)N(CC(N)=O)C(=O)c1cc(N)n[nH]1. The van der Waals surface area contributed by atoms with Gasteiger partial charge in [0.05, 0.1) is 6.54 Å². The first kappa shape index (κ1) is 12.0. The Morgan fingerprint density at radius 1 is 1.56 bits per heavy atom. The van der Waals surface area contributed by atoms with E-state index in [0.717, 1.165) is 0 Å². The van der Waals surface area contributed by atoms with Gasteiger partial charge in [-0.05, 0) is 13.8 Å². The third kappa shape index (κ3) is 2.72. The fourth-order valence-corrected chi connectivity index (χ4v) is 1.26. The monoisotopic (exact) mass is 225 g/mol. The summed E-state index contributed by atoms with van der Waals surface area (Å²) in [6.45, 7) is 3.45. The van der Waals surface area contributed by atoms with Gasteiger partial charge in [0.2, 0.25) is 5.91 Å². The Labute approximate surface area is 92.8 Å². The number of nitrogens with zero attached hydrogens (tertiary/aromatic N) is 2. The summed E-state index contributed by atoms with van der Waals surface area (Å²) in [7, 11) is 0. The molecule has 0 fully saturated rings. The van der Waals surface area contributed by atoms with Crippen molar-refractivity contribution in [1.82, 2.24) is 15.1 Å². The van der Waals surface area contributed by atoms with Crippen molar-refractivity contribution < 1.29 is 9.59 Å². The van der Waals surface area contributed by atoms with Crippen LogP contribution in [-0.2, 0) is 4.79 Å². The maximum atomic E-state index is 11.9. The number of aromatic nitrogens is 2. The van der Waals surface area contributed by atoms with E-state index in [1.54, 1.807) is 13.8 Å². The first-order valence-electron chi connectivity index (χ1n) is 4.82. The normalized spacial score (nSPS) is 10.4. The lowest BCUT2D eigenvalue weighted by molar-refractivity contribution is -0.119. The van der Waals surface area contributed by atoms with E-state index in [0.29, 0.717) is 0 Å². The molecule has 0 radical (unpaired) electrons. The molecule has 1 aromatic heterocycles. The summed E-state index contributed by atoms with van der Waals surface area (Å²) in [5.74, 6) is -0.682. The Morgan fingerprint density at radius 3 is 2.56 bits per heavy atom. The van der Waals surface area contributed by atoms with Crippen LogP contribution in [0.2, 0.25) is 0 Å². The molecule has 1 heterocycles. The lowest BCUT2D eigenvalue weighted by atomic mass is 10.2. The average molecular weight is 225 g/mol. The van der Waals surface area contributed by atoms with Crippen molar-refractivity contribution in [3.05, 3.63) is 11.8 Å². The van der Waals surface area contributed by atoms with Crippen LogP contribution < -0.4 is 11.5 Å². The molecule has 0 spiro atoms. The van der Waals surface area contributed by atoms with Crippen LogP contribution in [0.5, 0.6) is 0 Å². The second kappa shape index (κ2) is 4.65. The van der Waals surface area contributed by atoms with E-state index >= 15 is 0 Å². The number of primary amides is 1. The third-order valence-electron chi connectivity index (χ3n) is 2.04. The number of anilines is 1. The zero-order chi connectivity index (χ0) is 12.3. The Balaban J connectivity index is 2.87. The molecule has 1 rings (SSSR count). The van der Waals surface area contributed by atoms with Crippen molar-refractivity contribution in [1.29, 1.82) is 0 Å². The largest absolute Gasteiger partial charge is 0.382 e. The molecule has 16 heavy (non-hydrogen) atoms. The van der Waals surface area contributed by atoms with E-state index in [9.17, 15) is 9.59 Å². The van der Waals surface area contributed by atoms with Crippen LogP contribution in [0.25, 0.3) is 0 Å². The zero-order valence-electron chi connectivity index (χ0n) is 9.23. The number of amides is 2. The second-order valence-electron chi connectivity index (χ2n) is 3.70. The van der Waals surface area contributed by atoms with Crippen molar-refractivity contribution in [3.8, 4) is 0 Å². The Morgan fingerprint density at radius 2 is 2.19 bits per heavy atom. The van der Waals surface area contributed by atoms with Gasteiger partial charge < -0.3 is 16.4 Å². The van der Waals surface area contributed by atoms with Gasteiger partial charge in [0.25, 0.3) is 5.91 Å². The molecule has 0 saturated heterocycles. The maximum Gasteiger partial charge on any atom is 0.272 e. The molecule has 0 saturated carbocycles. The Kier molecular flexibility index (Phi) is 3.49. The minimum atomic E-state index is -0.561. The molecule has 5 N–H and O–H groups in total. The highest BCUT2D eigenvalue weighted by Gasteiger charge is 2.21. The average Bonchev–Trinajstić information content (AvgIpc) is 2.59. The molecule has 1 aromatic rings. The number of rotatable bonds is 4. The van der Waals surface area contributed by atoms with Crippen molar-refractivity contribution >= 4 is 17.6 Å². The number of nitrogens with one attached hydrogen (secondary N) is 1. The van der Waals surface area contributed by atoms with Gasteiger partial charge in [0.15, 0.2) is 0 Å². The Bertz CT molecular complexity index is 398. The molecule has 0 unspecified atom stereocenters. The van der Waals surface area contributed by atoms with E-state index in [-0.39, 0.29) is 30.0 Å². The molecule has 0 atom stereocenters. The molecular formula is C9H15N5O2. The zero-order valence-corrected chi connectivity index (χ0v) is 9.23. The van der Waals surface area contributed by atoms with Crippen LogP contribution in [-0.4, -0.2) is 39.5 Å². The maximum absolute atomic E-state index is 11.9. The van der Waals surface area contributed by atoms with Gasteiger partial charge >= 0.3 is 0 Å². The minimum Gasteiger partial charge on any atom is -0.382 e. The first-order valence-corrected chi connectivity index (χ1v) is 4.82. The van der Waals surface area contributed by atoms with E-state index < -0.39 is 5.91 Å². The first-order chi connectivity index (χ1) is 7.41. The standard InChI is InChI=1S/C9H15N5O2/c1-5(2)14(4-8(11)15)9(16)6-3-7(10)13-12-6/h3,5H,4H2,1-2H3,(H2,11,15)(H3,10,12,13). The number of nitrogen functional groups attached to an aromatic ring is 1. The molecule has 88 valence electrons. The van der Waals surface area contributed by atoms with Crippen LogP contribution in [0.4, 0.5) is 5.82 Å². The highest BCUT2D eigenvalue weighted by molar-refractivity contribution is 5.95. The van der Waals surface area contributed by atoms with Gasteiger partial charge in [-0.15, -0.1) is 0 Å². The number of hydrogen-bond acceptors (Lipinski definition) is 4. The molecule has 0 aliphatic carbocycles. The third-order valence-corrected chi connectivity index (χ3v) is 2.04. The van der Waals surface area contributed by atoms with Gasteiger partial charge in [-0.3, -0.25) is 14.7 Å². The molecule has 0 bridgehead atoms. The number of hydrogen-bond donors (Lipinski definition) is 3. The molecule has 0 aliphatic heterocycles. The minimum absolute atomic E-state index is 0.130. The predicted molar refractivity (Wildman–Crippen MR) is 58.4 cm³/mol. The van der Waals surface area contributed by atoms with Crippen molar-refractivity contribution in [2.24, 2.45) is 5.73 Å². The molecular weight excluding hydrogens is 210 g/mol. The molecule has 0 aromatic carbocycles. The molecule has 0 aliphatic rings. The Hall–Kier alpha value is -2.05. The summed E-state index contributed by atoms with van der Waals surface area (Å²) < 4.78 is 0. The molecule has 7 nitrogen and oxygen atoms in total. The van der Waals surface area contributed by atoms with Gasteiger partial charge in [0, 0.05) is 12.1 Å². The predicted octanol–water partition coefficient (Wildman–Crippen LogP) is -0.672. The summed E-state index contributed by atoms with van der Waals surface area (Å²) in [6, 6.07) is 1.28. The summed E-state index contributed by atoms with van der Waals surface area (Å²) in [5.41, 5.74) is 10.7. The summed E-state index contributed by atoms with van der Waals surface area (Å²) >= 11 is 0. The van der Waals surface area contributed by atoms with Crippen LogP contribution >= 0.6 is 0 Å². The van der Waals surface area contributed by atoms with Crippen molar-refractivity contribution in [2.45, 2.75) is 19.9 Å². The number of nitrogens with two attached hydrogens (primary N) is 2.